The van der Waals surface area contributed by atoms with Crippen LogP contribution in [0.1, 0.15) is 27.7 Å². The van der Waals surface area contributed by atoms with E-state index >= 15 is 0 Å². The summed E-state index contributed by atoms with van der Waals surface area (Å²) in [5.74, 6) is 0.765. The van der Waals surface area contributed by atoms with Crippen molar-refractivity contribution in [1.82, 2.24) is 4.98 Å². The van der Waals surface area contributed by atoms with E-state index < -0.39 is 7.12 Å². The molecule has 23 heavy (non-hydrogen) atoms. The fraction of sp³-hybridized carbons (Fsp3) is 0.389. The van der Waals surface area contributed by atoms with Gasteiger partial charge in [0.15, 0.2) is 0 Å². The molecule has 1 aromatic heterocycles. The maximum Gasteiger partial charge on any atom is 0.498 e. The van der Waals surface area contributed by atoms with Gasteiger partial charge in [-0.3, -0.25) is 4.98 Å². The summed E-state index contributed by atoms with van der Waals surface area (Å²) < 4.78 is 17.9. The van der Waals surface area contributed by atoms with Crippen LogP contribution in [-0.4, -0.2) is 30.4 Å². The Labute approximate surface area is 137 Å². The van der Waals surface area contributed by atoms with Crippen LogP contribution in [0.25, 0.3) is 11.1 Å². The number of ether oxygens (including phenoxy) is 1. The van der Waals surface area contributed by atoms with Crippen molar-refractivity contribution in [3.8, 4) is 16.9 Å². The van der Waals surface area contributed by atoms with E-state index in [1.54, 1.807) is 19.5 Å². The number of aromatic nitrogens is 1. The lowest BCUT2D eigenvalue weighted by atomic mass is 9.77. The Bertz CT molecular complexity index is 685. The summed E-state index contributed by atoms with van der Waals surface area (Å²) in [6, 6.07) is 10.0. The maximum atomic E-state index is 6.17. The molecule has 1 aromatic carbocycles. The normalized spacial score (nSPS) is 18.9. The molecule has 1 aliphatic heterocycles. The zero-order valence-electron chi connectivity index (χ0n) is 14.3. The summed E-state index contributed by atoms with van der Waals surface area (Å²) in [7, 11) is 1.22. The van der Waals surface area contributed by atoms with Crippen LogP contribution in [0.3, 0.4) is 0 Å². The highest BCUT2D eigenvalue weighted by Crippen LogP contribution is 2.37. The first-order chi connectivity index (χ1) is 10.8. The molecule has 0 N–H and O–H groups in total. The van der Waals surface area contributed by atoms with Crippen molar-refractivity contribution in [3.63, 3.8) is 0 Å². The molecule has 0 radical (unpaired) electrons. The van der Waals surface area contributed by atoms with E-state index in [0.29, 0.717) is 0 Å². The van der Waals surface area contributed by atoms with Crippen LogP contribution in [0.4, 0.5) is 0 Å². The van der Waals surface area contributed by atoms with Gasteiger partial charge in [0.25, 0.3) is 0 Å². The Kier molecular flexibility index (Phi) is 3.94. The van der Waals surface area contributed by atoms with Crippen molar-refractivity contribution in [2.24, 2.45) is 0 Å². The third-order valence-electron chi connectivity index (χ3n) is 4.75. The second-order valence-electron chi connectivity index (χ2n) is 6.78. The molecular weight excluding hydrogens is 289 g/mol. The van der Waals surface area contributed by atoms with Crippen LogP contribution in [-0.2, 0) is 9.31 Å². The Morgan fingerprint density at radius 3 is 2.09 bits per heavy atom. The summed E-state index contributed by atoms with van der Waals surface area (Å²) in [4.78, 5) is 4.07. The molecule has 0 amide bonds. The summed E-state index contributed by atoms with van der Waals surface area (Å²) in [5, 5.41) is 0. The summed E-state index contributed by atoms with van der Waals surface area (Å²) in [6.07, 6.45) is 3.57. The van der Waals surface area contributed by atoms with Gasteiger partial charge in [0.05, 0.1) is 18.3 Å². The number of rotatable bonds is 3. The molecule has 0 saturated carbocycles. The van der Waals surface area contributed by atoms with Crippen molar-refractivity contribution in [3.05, 3.63) is 42.7 Å². The van der Waals surface area contributed by atoms with Crippen LogP contribution in [0.2, 0.25) is 0 Å². The van der Waals surface area contributed by atoms with Gasteiger partial charge in [0.2, 0.25) is 0 Å². The predicted molar refractivity (Wildman–Crippen MR) is 91.9 cm³/mol. The van der Waals surface area contributed by atoms with Gasteiger partial charge in [-0.25, -0.2) is 0 Å². The SMILES string of the molecule is COc1ccc(-c2ccncc2)cc1B1OC(C)(C)C(C)(C)O1. The molecule has 0 aliphatic carbocycles. The van der Waals surface area contributed by atoms with Gasteiger partial charge in [0.1, 0.15) is 5.75 Å². The van der Waals surface area contributed by atoms with Crippen molar-refractivity contribution in [2.75, 3.05) is 7.11 Å². The molecule has 0 spiro atoms. The van der Waals surface area contributed by atoms with Gasteiger partial charge in [0, 0.05) is 17.9 Å². The minimum Gasteiger partial charge on any atom is -0.497 e. The fourth-order valence-corrected chi connectivity index (χ4v) is 2.61. The number of methoxy groups -OCH3 is 1. The summed E-state index contributed by atoms with van der Waals surface area (Å²) in [6.45, 7) is 8.19. The predicted octanol–water partition coefficient (Wildman–Crippen LogP) is 3.06. The number of hydrogen-bond donors (Lipinski definition) is 0. The summed E-state index contributed by atoms with van der Waals surface area (Å²) >= 11 is 0. The molecule has 2 heterocycles. The highest BCUT2D eigenvalue weighted by molar-refractivity contribution is 6.63. The van der Waals surface area contributed by atoms with Crippen molar-refractivity contribution >= 4 is 12.6 Å². The van der Waals surface area contributed by atoms with Crippen molar-refractivity contribution in [2.45, 2.75) is 38.9 Å². The van der Waals surface area contributed by atoms with Crippen molar-refractivity contribution < 1.29 is 14.0 Å². The van der Waals surface area contributed by atoms with E-state index in [4.69, 9.17) is 14.0 Å². The van der Waals surface area contributed by atoms with Crippen LogP contribution < -0.4 is 10.2 Å². The molecule has 1 fully saturated rings. The number of benzene rings is 1. The molecule has 1 saturated heterocycles. The second kappa shape index (κ2) is 5.66. The van der Waals surface area contributed by atoms with Crippen LogP contribution in [0.5, 0.6) is 5.75 Å². The van der Waals surface area contributed by atoms with Gasteiger partial charge in [-0.1, -0.05) is 12.1 Å². The quantitative estimate of drug-likeness (QED) is 0.817. The average Bonchev–Trinajstić information content (AvgIpc) is 2.75. The van der Waals surface area contributed by atoms with Crippen LogP contribution >= 0.6 is 0 Å². The van der Waals surface area contributed by atoms with E-state index in [0.717, 1.165) is 22.3 Å². The van der Waals surface area contributed by atoms with Crippen molar-refractivity contribution in [1.29, 1.82) is 0 Å². The monoisotopic (exact) mass is 311 g/mol. The highest BCUT2D eigenvalue weighted by Gasteiger charge is 2.52. The standard InChI is InChI=1S/C18H22BNO3/c1-17(2)18(3,4)23-19(22-17)15-12-14(6-7-16(15)21-5)13-8-10-20-11-9-13/h6-12H,1-5H3. The lowest BCUT2D eigenvalue weighted by molar-refractivity contribution is 0.00578. The summed E-state index contributed by atoms with van der Waals surface area (Å²) in [5.41, 5.74) is 2.32. The van der Waals surface area contributed by atoms with Crippen LogP contribution in [0.15, 0.2) is 42.7 Å². The largest absolute Gasteiger partial charge is 0.498 e. The van der Waals surface area contributed by atoms with E-state index in [9.17, 15) is 0 Å². The highest BCUT2D eigenvalue weighted by atomic mass is 16.7. The van der Waals surface area contributed by atoms with E-state index in [2.05, 4.69) is 11.1 Å². The number of nitrogens with zero attached hydrogens (tertiary/aromatic N) is 1. The average molecular weight is 311 g/mol. The Morgan fingerprint density at radius 2 is 1.52 bits per heavy atom. The molecule has 4 nitrogen and oxygen atoms in total. The third kappa shape index (κ3) is 2.86. The second-order valence-corrected chi connectivity index (χ2v) is 6.78. The molecule has 3 rings (SSSR count). The molecular formula is C18H22BNO3. The molecule has 1 aliphatic rings. The van der Waals surface area contributed by atoms with E-state index in [-0.39, 0.29) is 11.2 Å². The van der Waals surface area contributed by atoms with E-state index in [1.165, 1.54) is 0 Å². The number of hydrogen-bond acceptors (Lipinski definition) is 4. The first kappa shape index (κ1) is 16.0. The van der Waals surface area contributed by atoms with Gasteiger partial charge in [-0.05, 0) is 57.0 Å². The molecule has 0 unspecified atom stereocenters. The van der Waals surface area contributed by atoms with Gasteiger partial charge < -0.3 is 14.0 Å². The molecule has 0 atom stereocenters. The first-order valence-electron chi connectivity index (χ1n) is 7.78. The smallest absolute Gasteiger partial charge is 0.497 e. The first-order valence-corrected chi connectivity index (χ1v) is 7.78. The lowest BCUT2D eigenvalue weighted by Crippen LogP contribution is -2.41. The van der Waals surface area contributed by atoms with E-state index in [1.807, 2.05) is 52.0 Å². The fourth-order valence-electron chi connectivity index (χ4n) is 2.61. The molecule has 0 bridgehead atoms. The van der Waals surface area contributed by atoms with Gasteiger partial charge in [-0.15, -0.1) is 0 Å². The Hall–Kier alpha value is -1.85. The maximum absolute atomic E-state index is 6.17. The Balaban J connectivity index is 2.02. The zero-order chi connectivity index (χ0) is 16.7. The van der Waals surface area contributed by atoms with Crippen LogP contribution in [0, 0.1) is 0 Å². The molecule has 2 aromatic rings. The molecule has 5 heteroatoms. The number of pyridine rings is 1. The van der Waals surface area contributed by atoms with Gasteiger partial charge >= 0.3 is 7.12 Å². The van der Waals surface area contributed by atoms with Gasteiger partial charge in [-0.2, -0.15) is 0 Å². The third-order valence-corrected chi connectivity index (χ3v) is 4.75. The minimum absolute atomic E-state index is 0.380. The topological polar surface area (TPSA) is 40.6 Å². The lowest BCUT2D eigenvalue weighted by Gasteiger charge is -2.32. The zero-order valence-corrected chi connectivity index (χ0v) is 14.3. The molecule has 120 valence electrons. The Morgan fingerprint density at radius 1 is 0.913 bits per heavy atom. The minimum atomic E-state index is -0.447.